The van der Waals surface area contributed by atoms with E-state index in [2.05, 4.69) is 0 Å². The largest absolute Gasteiger partial charge is 0.497 e. The summed E-state index contributed by atoms with van der Waals surface area (Å²) in [5.41, 5.74) is 1.05. The molecule has 0 aliphatic heterocycles. The Morgan fingerprint density at radius 2 is 1.84 bits per heavy atom. The molecule has 0 atom stereocenters. The zero-order valence-electron chi connectivity index (χ0n) is 9.93. The zero-order valence-corrected chi connectivity index (χ0v) is 11.5. The van der Waals surface area contributed by atoms with E-state index in [1.54, 1.807) is 24.3 Å². The van der Waals surface area contributed by atoms with E-state index in [0.717, 1.165) is 6.07 Å². The van der Waals surface area contributed by atoms with Crippen LogP contribution in [0.1, 0.15) is 0 Å². The second kappa shape index (κ2) is 5.19. The van der Waals surface area contributed by atoms with E-state index in [1.165, 1.54) is 19.2 Å². The fraction of sp³-hybridized carbons (Fsp3) is 0.0769. The number of benzene rings is 2. The molecule has 0 spiro atoms. The molecule has 3 nitrogen and oxygen atoms in total. The molecular formula is C13H10ClFO3S. The van der Waals surface area contributed by atoms with Crippen LogP contribution < -0.4 is 4.74 Å². The molecule has 0 unspecified atom stereocenters. The molecule has 6 heteroatoms. The van der Waals surface area contributed by atoms with Crippen molar-refractivity contribution in [3.05, 3.63) is 48.3 Å². The Bertz CT molecular complexity index is 714. The fourth-order valence-corrected chi connectivity index (χ4v) is 2.46. The SMILES string of the molecule is COc1cccc(-c2cc(F)cc(S(=O)(=O)Cl)c2)c1. The van der Waals surface area contributed by atoms with Crippen molar-refractivity contribution in [3.8, 4) is 16.9 Å². The van der Waals surface area contributed by atoms with Gasteiger partial charge in [-0.05, 0) is 41.5 Å². The first kappa shape index (κ1) is 13.8. The van der Waals surface area contributed by atoms with Gasteiger partial charge in [0.2, 0.25) is 0 Å². The van der Waals surface area contributed by atoms with Crippen molar-refractivity contribution in [1.82, 2.24) is 0 Å². The Hall–Kier alpha value is -1.59. The van der Waals surface area contributed by atoms with Gasteiger partial charge in [-0.2, -0.15) is 0 Å². The predicted molar refractivity (Wildman–Crippen MR) is 71.4 cm³/mol. The predicted octanol–water partition coefficient (Wildman–Crippen LogP) is 3.43. The van der Waals surface area contributed by atoms with E-state index >= 15 is 0 Å². The van der Waals surface area contributed by atoms with Crippen molar-refractivity contribution in [3.63, 3.8) is 0 Å². The number of ether oxygens (including phenoxy) is 1. The molecular weight excluding hydrogens is 291 g/mol. The molecule has 0 bridgehead atoms. The lowest BCUT2D eigenvalue weighted by atomic mass is 10.1. The summed E-state index contributed by atoms with van der Waals surface area (Å²) in [5.74, 6) is -0.0726. The quantitative estimate of drug-likeness (QED) is 0.816. The minimum absolute atomic E-state index is 0.271. The molecule has 0 aromatic heterocycles. The Morgan fingerprint density at radius 3 is 2.47 bits per heavy atom. The summed E-state index contributed by atoms with van der Waals surface area (Å²) < 4.78 is 41.1. The maximum atomic E-state index is 13.5. The highest BCUT2D eigenvalue weighted by molar-refractivity contribution is 8.13. The zero-order chi connectivity index (χ0) is 14.0. The third-order valence-corrected chi connectivity index (χ3v) is 3.89. The molecule has 100 valence electrons. The molecule has 0 aliphatic rings. The molecule has 19 heavy (non-hydrogen) atoms. The standard InChI is InChI=1S/C13H10ClFO3S/c1-18-12-4-2-3-9(6-12)10-5-11(15)8-13(7-10)19(14,16)17/h2-8H,1H3. The first-order valence-electron chi connectivity index (χ1n) is 5.30. The van der Waals surface area contributed by atoms with Gasteiger partial charge in [-0.3, -0.25) is 0 Å². The van der Waals surface area contributed by atoms with Crippen molar-refractivity contribution < 1.29 is 17.5 Å². The number of rotatable bonds is 3. The highest BCUT2D eigenvalue weighted by Crippen LogP contribution is 2.28. The van der Waals surface area contributed by atoms with E-state index < -0.39 is 14.9 Å². The van der Waals surface area contributed by atoms with Gasteiger partial charge in [0.15, 0.2) is 0 Å². The Balaban J connectivity index is 2.59. The topological polar surface area (TPSA) is 43.4 Å². The molecule has 2 aromatic rings. The van der Waals surface area contributed by atoms with Crippen LogP contribution in [0, 0.1) is 5.82 Å². The van der Waals surface area contributed by atoms with Crippen LogP contribution in [-0.4, -0.2) is 15.5 Å². The van der Waals surface area contributed by atoms with Gasteiger partial charge in [-0.25, -0.2) is 12.8 Å². The summed E-state index contributed by atoms with van der Waals surface area (Å²) in [5, 5.41) is 0. The van der Waals surface area contributed by atoms with Gasteiger partial charge in [0.1, 0.15) is 11.6 Å². The monoisotopic (exact) mass is 300 g/mol. The summed E-state index contributed by atoms with van der Waals surface area (Å²) in [4.78, 5) is -0.271. The van der Waals surface area contributed by atoms with E-state index in [-0.39, 0.29) is 4.90 Å². The van der Waals surface area contributed by atoms with Crippen molar-refractivity contribution in [2.45, 2.75) is 4.90 Å². The van der Waals surface area contributed by atoms with Gasteiger partial charge in [-0.15, -0.1) is 0 Å². The molecule has 0 fully saturated rings. The van der Waals surface area contributed by atoms with Crippen LogP contribution in [0.25, 0.3) is 11.1 Å². The maximum Gasteiger partial charge on any atom is 0.261 e. The second-order valence-corrected chi connectivity index (χ2v) is 6.41. The number of hydrogen-bond donors (Lipinski definition) is 0. The summed E-state index contributed by atoms with van der Waals surface area (Å²) >= 11 is 0. The summed E-state index contributed by atoms with van der Waals surface area (Å²) in [7, 11) is 2.77. The van der Waals surface area contributed by atoms with Crippen LogP contribution in [0.5, 0.6) is 5.75 Å². The second-order valence-electron chi connectivity index (χ2n) is 3.85. The molecule has 0 heterocycles. The van der Waals surface area contributed by atoms with Crippen LogP contribution >= 0.6 is 10.7 Å². The molecule has 0 saturated heterocycles. The summed E-state index contributed by atoms with van der Waals surface area (Å²) in [6.45, 7) is 0. The number of hydrogen-bond acceptors (Lipinski definition) is 3. The molecule has 0 N–H and O–H groups in total. The smallest absolute Gasteiger partial charge is 0.261 e. The van der Waals surface area contributed by atoms with Gasteiger partial charge in [0.25, 0.3) is 9.05 Å². The van der Waals surface area contributed by atoms with Crippen LogP contribution in [-0.2, 0) is 9.05 Å². The lowest BCUT2D eigenvalue weighted by Crippen LogP contribution is -1.93. The van der Waals surface area contributed by atoms with Gasteiger partial charge in [0, 0.05) is 10.7 Å². The minimum Gasteiger partial charge on any atom is -0.497 e. The van der Waals surface area contributed by atoms with Crippen LogP contribution in [0.2, 0.25) is 0 Å². The third kappa shape index (κ3) is 3.24. The molecule has 2 rings (SSSR count). The van der Waals surface area contributed by atoms with Crippen molar-refractivity contribution >= 4 is 19.7 Å². The van der Waals surface area contributed by atoms with Crippen LogP contribution in [0.15, 0.2) is 47.4 Å². The lowest BCUT2D eigenvalue weighted by molar-refractivity contribution is 0.415. The Kier molecular flexibility index (Phi) is 3.78. The molecule has 0 saturated carbocycles. The molecule has 2 aromatic carbocycles. The highest BCUT2D eigenvalue weighted by Gasteiger charge is 2.13. The third-order valence-electron chi connectivity index (χ3n) is 2.56. The van der Waals surface area contributed by atoms with Crippen molar-refractivity contribution in [2.75, 3.05) is 7.11 Å². The van der Waals surface area contributed by atoms with E-state index in [9.17, 15) is 12.8 Å². The van der Waals surface area contributed by atoms with Gasteiger partial charge < -0.3 is 4.74 Å². The van der Waals surface area contributed by atoms with E-state index in [4.69, 9.17) is 15.4 Å². The first-order valence-corrected chi connectivity index (χ1v) is 7.61. The normalized spacial score (nSPS) is 11.3. The average molecular weight is 301 g/mol. The minimum atomic E-state index is -3.97. The first-order chi connectivity index (χ1) is 8.90. The number of methoxy groups -OCH3 is 1. The highest BCUT2D eigenvalue weighted by atomic mass is 35.7. The molecule has 0 aliphatic carbocycles. The molecule has 0 amide bonds. The van der Waals surface area contributed by atoms with Gasteiger partial charge in [0.05, 0.1) is 12.0 Å². The number of halogens is 2. The van der Waals surface area contributed by atoms with Crippen molar-refractivity contribution in [1.29, 1.82) is 0 Å². The van der Waals surface area contributed by atoms with E-state index in [1.807, 2.05) is 0 Å². The summed E-state index contributed by atoms with van der Waals surface area (Å²) in [6.07, 6.45) is 0. The Morgan fingerprint density at radius 1 is 1.11 bits per heavy atom. The van der Waals surface area contributed by atoms with Crippen molar-refractivity contribution in [2.24, 2.45) is 0 Å². The molecule has 0 radical (unpaired) electrons. The maximum absolute atomic E-state index is 13.5. The fourth-order valence-electron chi connectivity index (χ4n) is 1.67. The van der Waals surface area contributed by atoms with Crippen LogP contribution in [0.4, 0.5) is 4.39 Å². The van der Waals surface area contributed by atoms with Crippen LogP contribution in [0.3, 0.4) is 0 Å². The average Bonchev–Trinajstić information content (AvgIpc) is 2.37. The summed E-state index contributed by atoms with van der Waals surface area (Å²) in [6, 6.07) is 10.3. The Labute approximate surface area is 115 Å². The van der Waals surface area contributed by atoms with Gasteiger partial charge in [-0.1, -0.05) is 12.1 Å². The lowest BCUT2D eigenvalue weighted by Gasteiger charge is -2.06. The van der Waals surface area contributed by atoms with Gasteiger partial charge >= 0.3 is 0 Å². The van der Waals surface area contributed by atoms with E-state index in [0.29, 0.717) is 16.9 Å².